The molecule has 1 aromatic rings. The highest BCUT2D eigenvalue weighted by molar-refractivity contribution is 7.81. The summed E-state index contributed by atoms with van der Waals surface area (Å²) in [4.78, 5) is 13.5. The lowest BCUT2D eigenvalue weighted by Crippen LogP contribution is -2.53. The van der Waals surface area contributed by atoms with Crippen LogP contribution in [0.1, 0.15) is 25.7 Å². The fraction of sp³-hybridized carbons (Fsp3) is 0.533. The molecule has 2 aliphatic heterocycles. The Hall–Kier alpha value is -0.620. The van der Waals surface area contributed by atoms with E-state index in [0.717, 1.165) is 31.4 Å². The maximum absolute atomic E-state index is 11.4. The van der Waals surface area contributed by atoms with E-state index >= 15 is 0 Å². The number of thiol groups is 1. The van der Waals surface area contributed by atoms with Crippen LogP contribution in [-0.2, 0) is 4.79 Å². The van der Waals surface area contributed by atoms with Gasteiger partial charge in [0.25, 0.3) is 0 Å². The summed E-state index contributed by atoms with van der Waals surface area (Å²) in [5.74, 6) is 0.341. The van der Waals surface area contributed by atoms with Gasteiger partial charge >= 0.3 is 0 Å². The third kappa shape index (κ3) is 3.18. The normalized spacial score (nSPS) is 29.3. The first kappa shape index (κ1) is 16.2. The first-order valence-electron chi connectivity index (χ1n) is 7.32. The number of halogens is 2. The number of rotatable bonds is 4. The van der Waals surface area contributed by atoms with Crippen LogP contribution in [-0.4, -0.2) is 34.4 Å². The molecule has 2 aliphatic rings. The molecule has 1 aromatic carbocycles. The minimum atomic E-state index is -0.511. The van der Waals surface area contributed by atoms with Crippen LogP contribution in [0, 0.1) is 0 Å². The summed E-state index contributed by atoms with van der Waals surface area (Å²) in [6.45, 7) is 0. The molecule has 7 heteroatoms. The van der Waals surface area contributed by atoms with E-state index in [1.54, 1.807) is 12.1 Å². The van der Waals surface area contributed by atoms with Crippen molar-refractivity contribution in [2.75, 3.05) is 0 Å². The van der Waals surface area contributed by atoms with E-state index in [-0.39, 0.29) is 12.0 Å². The molecule has 1 amide bonds. The zero-order valence-corrected chi connectivity index (χ0v) is 14.3. The summed E-state index contributed by atoms with van der Waals surface area (Å²) in [7, 11) is 0. The van der Waals surface area contributed by atoms with Crippen LogP contribution >= 0.6 is 35.8 Å². The van der Waals surface area contributed by atoms with Gasteiger partial charge in [0.15, 0.2) is 0 Å². The Morgan fingerprint density at radius 2 is 1.91 bits per heavy atom. The van der Waals surface area contributed by atoms with Crippen LogP contribution in [0.25, 0.3) is 0 Å². The van der Waals surface area contributed by atoms with Crippen LogP contribution in [0.5, 0.6) is 5.75 Å². The van der Waals surface area contributed by atoms with E-state index in [1.165, 1.54) is 0 Å². The molecule has 3 unspecified atom stereocenters. The largest absolute Gasteiger partial charge is 0.490 e. The Labute approximate surface area is 145 Å². The van der Waals surface area contributed by atoms with Crippen LogP contribution in [0.4, 0.5) is 0 Å². The molecule has 2 saturated heterocycles. The number of amides is 1. The molecule has 0 spiro atoms. The third-order valence-electron chi connectivity index (χ3n) is 4.48. The molecule has 4 nitrogen and oxygen atoms in total. The second-order valence-electron chi connectivity index (χ2n) is 5.90. The highest BCUT2D eigenvalue weighted by Gasteiger charge is 2.45. The van der Waals surface area contributed by atoms with Crippen LogP contribution in [0.15, 0.2) is 18.2 Å². The monoisotopic (exact) mass is 360 g/mol. The number of piperidine rings is 1. The zero-order chi connectivity index (χ0) is 15.9. The number of fused-ring (bicyclic) bond motifs is 2. The molecule has 0 aromatic heterocycles. The van der Waals surface area contributed by atoms with E-state index in [0.29, 0.717) is 22.1 Å². The summed E-state index contributed by atoms with van der Waals surface area (Å²) in [5.41, 5.74) is 5.39. The predicted octanol–water partition coefficient (Wildman–Crippen LogP) is 3.11. The molecule has 2 bridgehead atoms. The van der Waals surface area contributed by atoms with Crippen LogP contribution in [0.3, 0.4) is 0 Å². The number of hydrogen-bond acceptors (Lipinski definition) is 4. The lowest BCUT2D eigenvalue weighted by atomic mass is 9.99. The van der Waals surface area contributed by atoms with Crippen LogP contribution in [0.2, 0.25) is 10.0 Å². The SMILES string of the molecule is NC(=O)C(S)N1C2CCC1CC(Oc1ccc(Cl)c(Cl)c1)C2. The summed E-state index contributed by atoms with van der Waals surface area (Å²) in [6, 6.07) is 5.89. The summed E-state index contributed by atoms with van der Waals surface area (Å²) in [6.07, 6.45) is 3.94. The molecule has 3 atom stereocenters. The van der Waals surface area contributed by atoms with E-state index in [2.05, 4.69) is 17.5 Å². The van der Waals surface area contributed by atoms with Gasteiger partial charge in [0, 0.05) is 18.2 Å². The van der Waals surface area contributed by atoms with Crippen LogP contribution < -0.4 is 10.5 Å². The van der Waals surface area contributed by atoms with Gasteiger partial charge in [0.1, 0.15) is 17.2 Å². The molecule has 3 rings (SSSR count). The zero-order valence-electron chi connectivity index (χ0n) is 11.9. The smallest absolute Gasteiger partial charge is 0.244 e. The first-order chi connectivity index (χ1) is 10.5. The van der Waals surface area contributed by atoms with Crippen molar-refractivity contribution in [3.05, 3.63) is 28.2 Å². The van der Waals surface area contributed by atoms with E-state index < -0.39 is 5.37 Å². The molecule has 0 saturated carbocycles. The van der Waals surface area contributed by atoms with Gasteiger partial charge in [-0.1, -0.05) is 23.2 Å². The molecular weight excluding hydrogens is 343 g/mol. The highest BCUT2D eigenvalue weighted by atomic mass is 35.5. The van der Waals surface area contributed by atoms with Gasteiger partial charge in [-0.2, -0.15) is 12.6 Å². The third-order valence-corrected chi connectivity index (χ3v) is 5.74. The number of benzene rings is 1. The fourth-order valence-corrected chi connectivity index (χ4v) is 4.21. The average molecular weight is 361 g/mol. The summed E-state index contributed by atoms with van der Waals surface area (Å²) >= 11 is 16.3. The van der Waals surface area contributed by atoms with Crippen molar-refractivity contribution in [2.45, 2.75) is 49.2 Å². The predicted molar refractivity (Wildman–Crippen MR) is 90.7 cm³/mol. The lowest BCUT2D eigenvalue weighted by Gasteiger charge is -2.40. The Morgan fingerprint density at radius 1 is 1.27 bits per heavy atom. The Bertz CT molecular complexity index is 573. The number of primary amides is 1. The molecule has 0 radical (unpaired) electrons. The molecule has 2 N–H and O–H groups in total. The topological polar surface area (TPSA) is 55.6 Å². The van der Waals surface area contributed by atoms with Crippen molar-refractivity contribution in [3.63, 3.8) is 0 Å². The maximum Gasteiger partial charge on any atom is 0.244 e. The number of nitrogens with zero attached hydrogens (tertiary/aromatic N) is 1. The minimum Gasteiger partial charge on any atom is -0.490 e. The first-order valence-corrected chi connectivity index (χ1v) is 8.59. The second-order valence-corrected chi connectivity index (χ2v) is 7.20. The standard InChI is InChI=1S/C15H18Cl2N2O2S/c16-12-4-3-10(7-13(12)17)21-11-5-8-1-2-9(6-11)19(8)15(22)14(18)20/h3-4,7-9,11,15,22H,1-2,5-6H2,(H2,18,20). The van der Waals surface area contributed by atoms with Crippen molar-refractivity contribution in [2.24, 2.45) is 5.73 Å². The summed E-state index contributed by atoms with van der Waals surface area (Å²) < 4.78 is 6.05. The van der Waals surface area contributed by atoms with Gasteiger partial charge in [0.2, 0.25) is 5.91 Å². The quantitative estimate of drug-likeness (QED) is 0.811. The Balaban J connectivity index is 1.67. The molecule has 120 valence electrons. The van der Waals surface area contributed by atoms with E-state index in [1.807, 2.05) is 6.07 Å². The van der Waals surface area contributed by atoms with E-state index in [4.69, 9.17) is 33.7 Å². The maximum atomic E-state index is 11.4. The molecule has 0 aliphatic carbocycles. The minimum absolute atomic E-state index is 0.111. The number of carbonyl (C=O) groups is 1. The van der Waals surface area contributed by atoms with Crippen molar-refractivity contribution in [1.82, 2.24) is 4.90 Å². The van der Waals surface area contributed by atoms with Gasteiger partial charge in [-0.25, -0.2) is 0 Å². The highest BCUT2D eigenvalue weighted by Crippen LogP contribution is 2.39. The number of ether oxygens (including phenoxy) is 1. The number of carbonyl (C=O) groups excluding carboxylic acids is 1. The second kappa shape index (κ2) is 6.48. The van der Waals surface area contributed by atoms with Crippen molar-refractivity contribution in [1.29, 1.82) is 0 Å². The molecule has 2 fully saturated rings. The summed E-state index contributed by atoms with van der Waals surface area (Å²) in [5, 5.41) is 0.496. The van der Waals surface area contributed by atoms with Crippen molar-refractivity contribution < 1.29 is 9.53 Å². The average Bonchev–Trinajstić information content (AvgIpc) is 2.73. The molecule has 22 heavy (non-hydrogen) atoms. The number of nitrogens with two attached hydrogens (primary N) is 1. The van der Waals surface area contributed by atoms with E-state index in [9.17, 15) is 4.79 Å². The van der Waals surface area contributed by atoms with Gasteiger partial charge in [0.05, 0.1) is 10.0 Å². The number of hydrogen-bond donors (Lipinski definition) is 2. The Morgan fingerprint density at radius 3 is 2.45 bits per heavy atom. The molecular formula is C15H18Cl2N2O2S. The van der Waals surface area contributed by atoms with Crippen molar-refractivity contribution >= 4 is 41.7 Å². The van der Waals surface area contributed by atoms with Gasteiger partial charge in [-0.3, -0.25) is 9.69 Å². The lowest BCUT2D eigenvalue weighted by molar-refractivity contribution is -0.122. The van der Waals surface area contributed by atoms with Gasteiger partial charge < -0.3 is 10.5 Å². The molecule has 2 heterocycles. The van der Waals surface area contributed by atoms with Gasteiger partial charge in [-0.05, 0) is 37.8 Å². The van der Waals surface area contributed by atoms with Crippen molar-refractivity contribution in [3.8, 4) is 5.75 Å². The van der Waals surface area contributed by atoms with Gasteiger partial charge in [-0.15, -0.1) is 0 Å². The Kier molecular flexibility index (Phi) is 4.78. The fourth-order valence-electron chi connectivity index (χ4n) is 3.55.